The molecule has 1 heterocycles. The van der Waals surface area contributed by atoms with Crippen molar-refractivity contribution in [1.82, 2.24) is 10.2 Å². The van der Waals surface area contributed by atoms with E-state index in [0.717, 1.165) is 13.0 Å². The molecule has 108 valence electrons. The van der Waals surface area contributed by atoms with Gasteiger partial charge in [0.05, 0.1) is 12.4 Å². The Morgan fingerprint density at radius 3 is 2.37 bits per heavy atom. The van der Waals surface area contributed by atoms with Gasteiger partial charge in [-0.05, 0) is 27.4 Å². The average molecular weight is 270 g/mol. The topological polar surface area (TPSA) is 94.4 Å². The van der Waals surface area contributed by atoms with E-state index < -0.39 is 17.9 Å². The van der Waals surface area contributed by atoms with Gasteiger partial charge in [-0.2, -0.15) is 0 Å². The summed E-state index contributed by atoms with van der Waals surface area (Å²) in [6, 6.07) is 2.68. The van der Waals surface area contributed by atoms with E-state index in [0.29, 0.717) is 0 Å². The van der Waals surface area contributed by atoms with E-state index >= 15 is 0 Å². The number of nitrogens with one attached hydrogen (secondary N) is 1. The highest BCUT2D eigenvalue weighted by molar-refractivity contribution is 6.04. The number of aliphatic hydroxyl groups is 1. The molecule has 0 aromatic carbocycles. The van der Waals surface area contributed by atoms with Crippen molar-refractivity contribution in [3.8, 4) is 0 Å². The van der Waals surface area contributed by atoms with Crippen molar-refractivity contribution < 1.29 is 14.7 Å². The monoisotopic (exact) mass is 270 g/mol. The zero-order valence-corrected chi connectivity index (χ0v) is 11.9. The number of aliphatic hydroxyl groups excluding tert-OH is 1. The quantitative estimate of drug-likeness (QED) is 0.549. The molecule has 0 aromatic rings. The van der Waals surface area contributed by atoms with Gasteiger partial charge in [0, 0.05) is 6.54 Å². The first-order valence-electron chi connectivity index (χ1n) is 6.21. The zero-order chi connectivity index (χ0) is 14.8. The normalized spacial score (nSPS) is 19.2. The minimum Gasteiger partial charge on any atom is -0.383 e. The standard InChI is InChI=1S/C8H17N3.C4H5NO3/c1-5-8(11(3)4)10-7-9-6-2;6-2-1-3(7)5-4(2)8/h8H,5-6H2,1-4H3;2,6H,1H2,(H,5,7,8). The highest BCUT2D eigenvalue weighted by atomic mass is 16.3. The summed E-state index contributed by atoms with van der Waals surface area (Å²) in [7, 11) is 4.01. The van der Waals surface area contributed by atoms with E-state index in [1.54, 1.807) is 0 Å². The predicted molar refractivity (Wildman–Crippen MR) is 71.9 cm³/mol. The van der Waals surface area contributed by atoms with Crippen molar-refractivity contribution >= 4 is 17.8 Å². The second kappa shape index (κ2) is 9.38. The molecule has 0 saturated carbocycles. The van der Waals surface area contributed by atoms with Crippen LogP contribution in [0.25, 0.3) is 0 Å². The second-order valence-corrected chi connectivity index (χ2v) is 4.19. The number of carbonyl (C=O) groups is 2. The molecule has 7 heteroatoms. The van der Waals surface area contributed by atoms with Crippen LogP contribution in [0.4, 0.5) is 0 Å². The van der Waals surface area contributed by atoms with Crippen LogP contribution in [0.5, 0.6) is 0 Å². The van der Waals surface area contributed by atoms with Gasteiger partial charge in [0.1, 0.15) is 12.3 Å². The Hall–Kier alpha value is -1.56. The van der Waals surface area contributed by atoms with E-state index in [4.69, 9.17) is 5.11 Å². The van der Waals surface area contributed by atoms with Gasteiger partial charge in [-0.25, -0.2) is 9.98 Å². The lowest BCUT2D eigenvalue weighted by Crippen LogP contribution is -2.24. The summed E-state index contributed by atoms with van der Waals surface area (Å²) in [6.45, 7) is 4.83. The first-order valence-corrected chi connectivity index (χ1v) is 6.21. The number of carbonyl (C=O) groups excluding carboxylic acids is 2. The molecular formula is C12H22N4O3. The van der Waals surface area contributed by atoms with Gasteiger partial charge >= 0.3 is 0 Å². The van der Waals surface area contributed by atoms with Crippen LogP contribution in [-0.4, -0.2) is 60.7 Å². The smallest absolute Gasteiger partial charge is 0.255 e. The van der Waals surface area contributed by atoms with Gasteiger partial charge in [0.25, 0.3) is 5.91 Å². The van der Waals surface area contributed by atoms with Crippen LogP contribution in [0, 0.1) is 0 Å². The fourth-order valence-electron chi connectivity index (χ4n) is 1.29. The van der Waals surface area contributed by atoms with Crippen molar-refractivity contribution in [3.05, 3.63) is 0 Å². The maximum absolute atomic E-state index is 10.2. The molecule has 2 unspecified atom stereocenters. The molecule has 0 spiro atoms. The summed E-state index contributed by atoms with van der Waals surface area (Å²) in [5.41, 5.74) is 0. The molecule has 0 bridgehead atoms. The number of rotatable bonds is 4. The van der Waals surface area contributed by atoms with Gasteiger partial charge in [0.2, 0.25) is 5.91 Å². The SMILES string of the molecule is CCN=C=NC(CC)N(C)C.O=C1CC(O)C(=O)N1. The summed E-state index contributed by atoms with van der Waals surface area (Å²) in [4.78, 5) is 30.5. The Bertz CT molecular complexity index is 362. The van der Waals surface area contributed by atoms with Crippen LogP contribution >= 0.6 is 0 Å². The first kappa shape index (κ1) is 17.4. The molecule has 2 N–H and O–H groups in total. The molecule has 1 saturated heterocycles. The fourth-order valence-corrected chi connectivity index (χ4v) is 1.29. The Kier molecular flexibility index (Phi) is 8.61. The van der Waals surface area contributed by atoms with Gasteiger partial charge in [-0.15, -0.1) is 0 Å². The average Bonchev–Trinajstić information content (AvgIpc) is 2.62. The number of hydrogen-bond donors (Lipinski definition) is 2. The van der Waals surface area contributed by atoms with Crippen LogP contribution in [-0.2, 0) is 9.59 Å². The van der Waals surface area contributed by atoms with Crippen molar-refractivity contribution in [2.45, 2.75) is 39.0 Å². The molecule has 1 rings (SSSR count). The minimum absolute atomic E-state index is 0.0845. The summed E-state index contributed by atoms with van der Waals surface area (Å²) in [5.74, 6) is -0.988. The Labute approximate surface area is 113 Å². The van der Waals surface area contributed by atoms with E-state index in [-0.39, 0.29) is 12.6 Å². The predicted octanol–water partition coefficient (Wildman–Crippen LogP) is -0.128. The molecule has 2 atom stereocenters. The largest absolute Gasteiger partial charge is 0.383 e. The van der Waals surface area contributed by atoms with Crippen molar-refractivity contribution in [3.63, 3.8) is 0 Å². The van der Waals surface area contributed by atoms with Crippen LogP contribution in [0.2, 0.25) is 0 Å². The van der Waals surface area contributed by atoms with E-state index in [1.807, 2.05) is 26.3 Å². The van der Waals surface area contributed by atoms with Gasteiger partial charge in [-0.3, -0.25) is 19.8 Å². The van der Waals surface area contributed by atoms with Crippen molar-refractivity contribution in [2.24, 2.45) is 9.98 Å². The Morgan fingerprint density at radius 1 is 1.47 bits per heavy atom. The highest BCUT2D eigenvalue weighted by Gasteiger charge is 2.27. The third kappa shape index (κ3) is 7.46. The fraction of sp³-hybridized carbons (Fsp3) is 0.750. The molecule has 1 aliphatic heterocycles. The maximum atomic E-state index is 10.2. The van der Waals surface area contributed by atoms with E-state index in [2.05, 4.69) is 27.8 Å². The number of hydrogen-bond acceptors (Lipinski definition) is 6. The Balaban J connectivity index is 0.000000356. The molecule has 2 amide bonds. The lowest BCUT2D eigenvalue weighted by atomic mass is 10.3. The third-order valence-electron chi connectivity index (χ3n) is 2.34. The Morgan fingerprint density at radius 2 is 2.11 bits per heavy atom. The molecular weight excluding hydrogens is 248 g/mol. The molecule has 7 nitrogen and oxygen atoms in total. The van der Waals surface area contributed by atoms with Gasteiger partial charge < -0.3 is 5.11 Å². The van der Waals surface area contributed by atoms with Crippen LogP contribution in [0.1, 0.15) is 26.7 Å². The minimum atomic E-state index is -1.11. The highest BCUT2D eigenvalue weighted by Crippen LogP contribution is 1.98. The van der Waals surface area contributed by atoms with Crippen LogP contribution < -0.4 is 5.32 Å². The first-order chi connectivity index (χ1) is 8.92. The molecule has 0 radical (unpaired) electrons. The lowest BCUT2D eigenvalue weighted by molar-refractivity contribution is -0.127. The van der Waals surface area contributed by atoms with Crippen molar-refractivity contribution in [2.75, 3.05) is 20.6 Å². The summed E-state index contributed by atoms with van der Waals surface area (Å²) < 4.78 is 0. The third-order valence-corrected chi connectivity index (χ3v) is 2.34. The second-order valence-electron chi connectivity index (χ2n) is 4.19. The maximum Gasteiger partial charge on any atom is 0.255 e. The number of amides is 2. The molecule has 0 aliphatic carbocycles. The molecule has 19 heavy (non-hydrogen) atoms. The summed E-state index contributed by atoms with van der Waals surface area (Å²) >= 11 is 0. The summed E-state index contributed by atoms with van der Waals surface area (Å²) in [6.07, 6.45) is 0.0331. The van der Waals surface area contributed by atoms with Gasteiger partial charge in [0.15, 0.2) is 0 Å². The molecule has 0 aromatic heterocycles. The van der Waals surface area contributed by atoms with Gasteiger partial charge in [-0.1, -0.05) is 6.92 Å². The molecule has 1 fully saturated rings. The van der Waals surface area contributed by atoms with E-state index in [1.165, 1.54) is 0 Å². The number of nitrogens with zero attached hydrogens (tertiary/aromatic N) is 3. The molecule has 1 aliphatic rings. The number of imide groups is 1. The lowest BCUT2D eigenvalue weighted by Gasteiger charge is -2.15. The van der Waals surface area contributed by atoms with Crippen molar-refractivity contribution in [1.29, 1.82) is 0 Å². The van der Waals surface area contributed by atoms with Crippen LogP contribution in [0.15, 0.2) is 9.98 Å². The van der Waals surface area contributed by atoms with E-state index in [9.17, 15) is 9.59 Å². The van der Waals surface area contributed by atoms with Crippen LogP contribution in [0.3, 0.4) is 0 Å². The zero-order valence-electron chi connectivity index (χ0n) is 11.9. The summed E-state index contributed by atoms with van der Waals surface area (Å²) in [5, 5.41) is 10.5. The number of aliphatic imine (C=N–C) groups is 2.